The maximum Gasteiger partial charge on any atom is 0.410 e. The molecule has 2 bridgehead atoms. The van der Waals surface area contributed by atoms with E-state index in [1.807, 2.05) is 25.7 Å². The van der Waals surface area contributed by atoms with E-state index < -0.39 is 5.60 Å². The van der Waals surface area contributed by atoms with E-state index >= 15 is 0 Å². The molecule has 5 heteroatoms. The zero-order valence-electron chi connectivity index (χ0n) is 15.0. The van der Waals surface area contributed by atoms with Gasteiger partial charge in [0.2, 0.25) is 0 Å². The number of ether oxygens (including phenoxy) is 2. The molecule has 3 fully saturated rings. The van der Waals surface area contributed by atoms with Crippen molar-refractivity contribution in [2.45, 2.75) is 77.2 Å². The van der Waals surface area contributed by atoms with E-state index in [2.05, 4.69) is 12.2 Å². The molecule has 1 N–H and O–H groups in total. The second kappa shape index (κ2) is 6.60. The average molecular weight is 324 g/mol. The van der Waals surface area contributed by atoms with Crippen molar-refractivity contribution < 1.29 is 14.3 Å². The van der Waals surface area contributed by atoms with Crippen LogP contribution in [0, 0.1) is 11.8 Å². The fraction of sp³-hybridized carbons (Fsp3) is 0.944. The highest BCUT2D eigenvalue weighted by Gasteiger charge is 2.47. The van der Waals surface area contributed by atoms with Crippen LogP contribution in [0.25, 0.3) is 0 Å². The third kappa shape index (κ3) is 4.18. The van der Waals surface area contributed by atoms with Crippen molar-refractivity contribution in [1.82, 2.24) is 10.2 Å². The standard InChI is InChI=1S/C18H32N2O3/c1-12-7-13(5-6-22-12)10-19-15-8-14-9-16(15)20(11-14)17(21)23-18(2,3)4/h12-16,19H,5-11H2,1-4H3. The largest absolute Gasteiger partial charge is 0.444 e. The monoisotopic (exact) mass is 324 g/mol. The zero-order valence-corrected chi connectivity index (χ0v) is 15.0. The number of carbonyl (C=O) groups excluding carboxylic acids is 1. The molecule has 132 valence electrons. The lowest BCUT2D eigenvalue weighted by Crippen LogP contribution is -2.52. The number of amides is 1. The highest BCUT2D eigenvalue weighted by molar-refractivity contribution is 5.69. The first-order valence-corrected chi connectivity index (χ1v) is 9.16. The van der Waals surface area contributed by atoms with Gasteiger partial charge in [-0.2, -0.15) is 0 Å². The Labute approximate surface area is 140 Å². The van der Waals surface area contributed by atoms with Gasteiger partial charge in [0.05, 0.1) is 12.1 Å². The van der Waals surface area contributed by atoms with Crippen LogP contribution in [0.15, 0.2) is 0 Å². The van der Waals surface area contributed by atoms with E-state index in [0.29, 0.717) is 30.0 Å². The summed E-state index contributed by atoms with van der Waals surface area (Å²) in [6.07, 6.45) is 4.85. The SMILES string of the molecule is CC1CC(CNC2CC3CC2N(C(=O)OC(C)(C)C)C3)CCO1. The number of nitrogens with one attached hydrogen (secondary N) is 1. The van der Waals surface area contributed by atoms with Crippen LogP contribution in [0.1, 0.15) is 53.4 Å². The third-order valence-corrected chi connectivity index (χ3v) is 5.37. The van der Waals surface area contributed by atoms with E-state index in [1.165, 1.54) is 6.42 Å². The van der Waals surface area contributed by atoms with Gasteiger partial charge in [0, 0.05) is 19.2 Å². The number of hydrogen-bond donors (Lipinski definition) is 1. The average Bonchev–Trinajstić information content (AvgIpc) is 3.03. The predicted octanol–water partition coefficient (Wildman–Crippen LogP) is 2.79. The number of piperidine rings is 1. The van der Waals surface area contributed by atoms with Crippen LogP contribution in [0.5, 0.6) is 0 Å². The second-order valence-electron chi connectivity index (χ2n) is 8.62. The summed E-state index contributed by atoms with van der Waals surface area (Å²) in [6.45, 7) is 10.8. The van der Waals surface area contributed by atoms with Crippen molar-refractivity contribution in [1.29, 1.82) is 0 Å². The first-order chi connectivity index (χ1) is 10.8. The van der Waals surface area contributed by atoms with Gasteiger partial charge in [-0.25, -0.2) is 4.79 Å². The summed E-state index contributed by atoms with van der Waals surface area (Å²) >= 11 is 0. The Bertz CT molecular complexity index is 434. The molecule has 1 aliphatic carbocycles. The zero-order chi connectivity index (χ0) is 16.6. The summed E-state index contributed by atoms with van der Waals surface area (Å²) < 4.78 is 11.2. The Morgan fingerprint density at radius 3 is 2.74 bits per heavy atom. The highest BCUT2D eigenvalue weighted by atomic mass is 16.6. The molecule has 0 spiro atoms. The number of fused-ring (bicyclic) bond motifs is 2. The van der Waals surface area contributed by atoms with Crippen molar-refractivity contribution in [2.75, 3.05) is 19.7 Å². The van der Waals surface area contributed by atoms with Gasteiger partial charge in [0.1, 0.15) is 5.60 Å². The van der Waals surface area contributed by atoms with Gasteiger partial charge < -0.3 is 19.7 Å². The van der Waals surface area contributed by atoms with E-state index in [-0.39, 0.29) is 6.09 Å². The maximum absolute atomic E-state index is 12.4. The van der Waals surface area contributed by atoms with Crippen LogP contribution < -0.4 is 5.32 Å². The fourth-order valence-electron chi connectivity index (χ4n) is 4.37. The van der Waals surface area contributed by atoms with Gasteiger partial charge >= 0.3 is 6.09 Å². The van der Waals surface area contributed by atoms with E-state index in [9.17, 15) is 4.79 Å². The molecule has 0 aromatic heterocycles. The van der Waals surface area contributed by atoms with Gasteiger partial charge in [-0.15, -0.1) is 0 Å². The molecule has 3 aliphatic rings. The summed E-state index contributed by atoms with van der Waals surface area (Å²) in [5.74, 6) is 1.34. The molecule has 5 atom stereocenters. The minimum atomic E-state index is -0.417. The van der Waals surface area contributed by atoms with Gasteiger partial charge in [-0.1, -0.05) is 0 Å². The molecule has 2 saturated heterocycles. The molecule has 5 nitrogen and oxygen atoms in total. The molecular formula is C18H32N2O3. The molecular weight excluding hydrogens is 292 g/mol. The van der Waals surface area contributed by atoms with E-state index in [1.54, 1.807) is 0 Å². The summed E-state index contributed by atoms with van der Waals surface area (Å²) in [4.78, 5) is 14.4. The normalized spacial score (nSPS) is 37.2. The molecule has 5 unspecified atom stereocenters. The number of rotatable bonds is 3. The van der Waals surface area contributed by atoms with Crippen molar-refractivity contribution in [3.8, 4) is 0 Å². The molecule has 0 aromatic rings. The second-order valence-corrected chi connectivity index (χ2v) is 8.62. The minimum Gasteiger partial charge on any atom is -0.444 e. The Balaban J connectivity index is 1.51. The lowest BCUT2D eigenvalue weighted by Gasteiger charge is -2.36. The summed E-state index contributed by atoms with van der Waals surface area (Å²) in [6, 6.07) is 0.742. The minimum absolute atomic E-state index is 0.142. The third-order valence-electron chi connectivity index (χ3n) is 5.37. The van der Waals surface area contributed by atoms with Crippen LogP contribution in [0.4, 0.5) is 4.79 Å². The first kappa shape index (κ1) is 17.0. The molecule has 0 aromatic carbocycles. The van der Waals surface area contributed by atoms with Crippen molar-refractivity contribution in [3.63, 3.8) is 0 Å². The van der Waals surface area contributed by atoms with Gasteiger partial charge in [-0.3, -0.25) is 0 Å². The molecule has 3 rings (SSSR count). The van der Waals surface area contributed by atoms with E-state index in [0.717, 1.165) is 39.0 Å². The van der Waals surface area contributed by atoms with Gasteiger partial charge in [-0.05, 0) is 71.8 Å². The fourth-order valence-corrected chi connectivity index (χ4v) is 4.37. The van der Waals surface area contributed by atoms with Crippen molar-refractivity contribution in [3.05, 3.63) is 0 Å². The maximum atomic E-state index is 12.4. The van der Waals surface area contributed by atoms with Crippen LogP contribution in [0.2, 0.25) is 0 Å². The van der Waals surface area contributed by atoms with Crippen LogP contribution in [0.3, 0.4) is 0 Å². The lowest BCUT2D eigenvalue weighted by molar-refractivity contribution is 0.000503. The van der Waals surface area contributed by atoms with Gasteiger partial charge in [0.15, 0.2) is 0 Å². The number of hydrogen-bond acceptors (Lipinski definition) is 4. The highest BCUT2D eigenvalue weighted by Crippen LogP contribution is 2.38. The molecule has 1 amide bonds. The Hall–Kier alpha value is -0.810. The molecule has 0 radical (unpaired) electrons. The topological polar surface area (TPSA) is 50.8 Å². The number of carbonyl (C=O) groups is 1. The van der Waals surface area contributed by atoms with Crippen LogP contribution >= 0.6 is 0 Å². The van der Waals surface area contributed by atoms with Crippen LogP contribution in [-0.4, -0.2) is 54.5 Å². The van der Waals surface area contributed by atoms with Crippen molar-refractivity contribution >= 4 is 6.09 Å². The predicted molar refractivity (Wildman–Crippen MR) is 89.4 cm³/mol. The molecule has 1 saturated carbocycles. The first-order valence-electron chi connectivity index (χ1n) is 9.16. The summed E-state index contributed by atoms with van der Waals surface area (Å²) in [5, 5.41) is 3.75. The van der Waals surface area contributed by atoms with Gasteiger partial charge in [0.25, 0.3) is 0 Å². The molecule has 23 heavy (non-hydrogen) atoms. The Morgan fingerprint density at radius 1 is 1.30 bits per heavy atom. The Morgan fingerprint density at radius 2 is 2.09 bits per heavy atom. The number of likely N-dealkylation sites (tertiary alicyclic amines) is 1. The Kier molecular flexibility index (Phi) is 4.88. The molecule has 2 heterocycles. The quantitative estimate of drug-likeness (QED) is 0.867. The van der Waals surface area contributed by atoms with Crippen LogP contribution in [-0.2, 0) is 9.47 Å². The molecule has 2 aliphatic heterocycles. The van der Waals surface area contributed by atoms with Crippen molar-refractivity contribution in [2.24, 2.45) is 11.8 Å². The summed E-state index contributed by atoms with van der Waals surface area (Å²) in [5.41, 5.74) is -0.417. The summed E-state index contributed by atoms with van der Waals surface area (Å²) in [7, 11) is 0. The lowest BCUT2D eigenvalue weighted by atomic mass is 9.95. The van der Waals surface area contributed by atoms with E-state index in [4.69, 9.17) is 9.47 Å². The number of nitrogens with zero attached hydrogens (tertiary/aromatic N) is 1. The smallest absolute Gasteiger partial charge is 0.410 e.